The first-order chi connectivity index (χ1) is 9.19. The minimum atomic E-state index is 0.0301. The number of nitrogens with one attached hydrogen (secondary N) is 2. The standard InChI is InChI=1S/C15H30N2O2/c1-4-12(5-2)17-15(18)11-19-14-9-7-13(8-10-14)16-6-3/h12-14,16H,4-11H2,1-3H3,(H,17,18). The zero-order chi connectivity index (χ0) is 14.1. The number of ether oxygens (including phenoxy) is 1. The predicted molar refractivity (Wildman–Crippen MR) is 78.2 cm³/mol. The number of amides is 1. The summed E-state index contributed by atoms with van der Waals surface area (Å²) in [4.78, 5) is 11.7. The molecule has 0 aliphatic heterocycles. The van der Waals surface area contributed by atoms with Crippen molar-refractivity contribution in [3.05, 3.63) is 0 Å². The van der Waals surface area contributed by atoms with Gasteiger partial charge >= 0.3 is 0 Å². The zero-order valence-electron chi connectivity index (χ0n) is 12.7. The number of carbonyl (C=O) groups excluding carboxylic acids is 1. The molecule has 2 N–H and O–H groups in total. The lowest BCUT2D eigenvalue weighted by atomic mass is 9.93. The van der Waals surface area contributed by atoms with Crippen molar-refractivity contribution in [2.45, 2.75) is 77.5 Å². The van der Waals surface area contributed by atoms with Crippen LogP contribution in [-0.2, 0) is 9.53 Å². The third-order valence-electron chi connectivity index (χ3n) is 3.97. The van der Waals surface area contributed by atoms with Crippen molar-refractivity contribution in [1.82, 2.24) is 10.6 Å². The van der Waals surface area contributed by atoms with Crippen molar-refractivity contribution in [3.63, 3.8) is 0 Å². The normalized spacial score (nSPS) is 23.6. The molecule has 1 fully saturated rings. The van der Waals surface area contributed by atoms with Crippen LogP contribution in [0, 0.1) is 0 Å². The molecule has 1 amide bonds. The monoisotopic (exact) mass is 270 g/mol. The predicted octanol–water partition coefficient (Wildman–Crippen LogP) is 2.23. The summed E-state index contributed by atoms with van der Waals surface area (Å²) in [6, 6.07) is 0.934. The first-order valence-electron chi connectivity index (χ1n) is 7.83. The molecule has 4 heteroatoms. The molecule has 0 radical (unpaired) electrons. The van der Waals surface area contributed by atoms with E-state index in [0.717, 1.165) is 45.1 Å². The quantitative estimate of drug-likeness (QED) is 0.711. The Morgan fingerprint density at radius 1 is 1.16 bits per heavy atom. The lowest BCUT2D eigenvalue weighted by Gasteiger charge is -2.29. The van der Waals surface area contributed by atoms with E-state index in [2.05, 4.69) is 31.4 Å². The minimum absolute atomic E-state index is 0.0301. The molecule has 1 rings (SSSR count). The van der Waals surface area contributed by atoms with E-state index in [1.54, 1.807) is 0 Å². The summed E-state index contributed by atoms with van der Waals surface area (Å²) in [6.45, 7) is 7.58. The molecule has 0 aromatic rings. The molecule has 4 nitrogen and oxygen atoms in total. The van der Waals surface area contributed by atoms with Gasteiger partial charge in [0, 0.05) is 12.1 Å². The van der Waals surface area contributed by atoms with Crippen molar-refractivity contribution in [2.75, 3.05) is 13.2 Å². The van der Waals surface area contributed by atoms with Gasteiger partial charge in [0.2, 0.25) is 5.91 Å². The van der Waals surface area contributed by atoms with Gasteiger partial charge in [-0.05, 0) is 45.1 Å². The van der Waals surface area contributed by atoms with Crippen LogP contribution in [0.5, 0.6) is 0 Å². The Morgan fingerprint density at radius 2 is 1.79 bits per heavy atom. The third kappa shape index (κ3) is 6.39. The highest BCUT2D eigenvalue weighted by Crippen LogP contribution is 2.21. The molecule has 1 aliphatic rings. The highest BCUT2D eigenvalue weighted by atomic mass is 16.5. The van der Waals surface area contributed by atoms with Crippen LogP contribution in [0.2, 0.25) is 0 Å². The van der Waals surface area contributed by atoms with Crippen LogP contribution >= 0.6 is 0 Å². The Balaban J connectivity index is 2.14. The zero-order valence-corrected chi connectivity index (χ0v) is 12.7. The van der Waals surface area contributed by atoms with Gasteiger partial charge in [-0.15, -0.1) is 0 Å². The molecule has 1 aliphatic carbocycles. The highest BCUT2D eigenvalue weighted by molar-refractivity contribution is 5.77. The van der Waals surface area contributed by atoms with Gasteiger partial charge in [0.05, 0.1) is 6.10 Å². The number of hydrogen-bond donors (Lipinski definition) is 2. The van der Waals surface area contributed by atoms with Gasteiger partial charge in [-0.3, -0.25) is 4.79 Å². The van der Waals surface area contributed by atoms with Crippen LogP contribution in [-0.4, -0.2) is 37.2 Å². The molecular formula is C15H30N2O2. The van der Waals surface area contributed by atoms with Crippen molar-refractivity contribution < 1.29 is 9.53 Å². The highest BCUT2D eigenvalue weighted by Gasteiger charge is 2.21. The van der Waals surface area contributed by atoms with Gasteiger partial charge in [-0.25, -0.2) is 0 Å². The molecule has 0 saturated heterocycles. The van der Waals surface area contributed by atoms with E-state index in [9.17, 15) is 4.79 Å². The summed E-state index contributed by atoms with van der Waals surface area (Å²) in [6.07, 6.45) is 6.68. The molecular weight excluding hydrogens is 240 g/mol. The Labute approximate surface area is 117 Å². The van der Waals surface area contributed by atoms with E-state index in [4.69, 9.17) is 4.74 Å². The van der Waals surface area contributed by atoms with Crippen LogP contribution < -0.4 is 10.6 Å². The third-order valence-corrected chi connectivity index (χ3v) is 3.97. The lowest BCUT2D eigenvalue weighted by Crippen LogP contribution is -2.39. The van der Waals surface area contributed by atoms with Crippen LogP contribution in [0.4, 0.5) is 0 Å². The van der Waals surface area contributed by atoms with E-state index in [0.29, 0.717) is 12.1 Å². The second-order valence-electron chi connectivity index (χ2n) is 5.42. The fourth-order valence-corrected chi connectivity index (χ4v) is 2.68. The molecule has 112 valence electrons. The Bertz CT molecular complexity index is 247. The van der Waals surface area contributed by atoms with Crippen LogP contribution in [0.3, 0.4) is 0 Å². The maximum absolute atomic E-state index is 11.7. The Morgan fingerprint density at radius 3 is 2.32 bits per heavy atom. The second-order valence-corrected chi connectivity index (χ2v) is 5.42. The van der Waals surface area contributed by atoms with Gasteiger partial charge in [0.1, 0.15) is 6.61 Å². The van der Waals surface area contributed by atoms with Gasteiger partial charge in [0.15, 0.2) is 0 Å². The van der Waals surface area contributed by atoms with Crippen molar-refractivity contribution in [1.29, 1.82) is 0 Å². The van der Waals surface area contributed by atoms with Crippen molar-refractivity contribution in [3.8, 4) is 0 Å². The summed E-state index contributed by atoms with van der Waals surface area (Å²) in [5.74, 6) is 0.0301. The van der Waals surface area contributed by atoms with Crippen molar-refractivity contribution >= 4 is 5.91 Å². The van der Waals surface area contributed by atoms with E-state index in [1.165, 1.54) is 0 Å². The molecule has 0 unspecified atom stereocenters. The Hall–Kier alpha value is -0.610. The molecule has 0 aromatic carbocycles. The summed E-state index contributed by atoms with van der Waals surface area (Å²) < 4.78 is 5.72. The maximum atomic E-state index is 11.7. The van der Waals surface area contributed by atoms with E-state index in [-0.39, 0.29) is 18.6 Å². The van der Waals surface area contributed by atoms with Gasteiger partial charge < -0.3 is 15.4 Å². The smallest absolute Gasteiger partial charge is 0.246 e. The minimum Gasteiger partial charge on any atom is -0.368 e. The van der Waals surface area contributed by atoms with Gasteiger partial charge in [-0.1, -0.05) is 20.8 Å². The fraction of sp³-hybridized carbons (Fsp3) is 0.933. The topological polar surface area (TPSA) is 50.4 Å². The number of carbonyl (C=O) groups is 1. The van der Waals surface area contributed by atoms with E-state index in [1.807, 2.05) is 0 Å². The van der Waals surface area contributed by atoms with E-state index >= 15 is 0 Å². The van der Waals surface area contributed by atoms with Crippen LogP contribution in [0.1, 0.15) is 59.3 Å². The summed E-state index contributed by atoms with van der Waals surface area (Å²) >= 11 is 0. The molecule has 0 atom stereocenters. The second kappa shape index (κ2) is 9.32. The first-order valence-corrected chi connectivity index (χ1v) is 7.83. The Kier molecular flexibility index (Phi) is 8.07. The molecule has 1 saturated carbocycles. The molecule has 0 heterocycles. The summed E-state index contributed by atoms with van der Waals surface area (Å²) in [7, 11) is 0. The first kappa shape index (κ1) is 16.4. The fourth-order valence-electron chi connectivity index (χ4n) is 2.68. The lowest BCUT2D eigenvalue weighted by molar-refractivity contribution is -0.129. The van der Waals surface area contributed by atoms with Crippen molar-refractivity contribution in [2.24, 2.45) is 0 Å². The van der Waals surface area contributed by atoms with Crippen LogP contribution in [0.25, 0.3) is 0 Å². The largest absolute Gasteiger partial charge is 0.368 e. The number of hydrogen-bond acceptors (Lipinski definition) is 3. The van der Waals surface area contributed by atoms with E-state index < -0.39 is 0 Å². The molecule has 19 heavy (non-hydrogen) atoms. The average Bonchev–Trinajstić information content (AvgIpc) is 2.44. The summed E-state index contributed by atoms with van der Waals surface area (Å²) in [5.41, 5.74) is 0. The molecule has 0 aromatic heterocycles. The summed E-state index contributed by atoms with van der Waals surface area (Å²) in [5, 5.41) is 6.49. The molecule has 0 bridgehead atoms. The van der Waals surface area contributed by atoms with Gasteiger partial charge in [-0.2, -0.15) is 0 Å². The SMILES string of the molecule is CCNC1CCC(OCC(=O)NC(CC)CC)CC1. The average molecular weight is 270 g/mol. The van der Waals surface area contributed by atoms with Gasteiger partial charge in [0.25, 0.3) is 0 Å². The molecule has 0 spiro atoms. The van der Waals surface area contributed by atoms with Crippen LogP contribution in [0.15, 0.2) is 0 Å². The number of rotatable bonds is 8. The maximum Gasteiger partial charge on any atom is 0.246 e.